The molecule has 2 aromatic carbocycles. The minimum absolute atomic E-state index is 0.0198. The number of nitrogens with two attached hydrogens (primary N) is 1. The Kier molecular flexibility index (Phi) is 6.68. The number of benzene rings is 2. The summed E-state index contributed by atoms with van der Waals surface area (Å²) in [5, 5.41) is 6.78. The first-order valence-electron chi connectivity index (χ1n) is 11.0. The Labute approximate surface area is 194 Å². The molecule has 1 aliphatic rings. The number of piperidine rings is 1. The second-order valence-corrected chi connectivity index (χ2v) is 12.0. The fraction of sp³-hybridized carbons (Fsp3) is 0.333. The summed E-state index contributed by atoms with van der Waals surface area (Å²) >= 11 is 0. The lowest BCUT2D eigenvalue weighted by molar-refractivity contribution is 0.501. The Balaban J connectivity index is 1.53. The van der Waals surface area contributed by atoms with E-state index in [0.717, 1.165) is 43.4 Å². The van der Waals surface area contributed by atoms with Crippen LogP contribution in [0.5, 0.6) is 0 Å². The molecule has 1 fully saturated rings. The van der Waals surface area contributed by atoms with Crippen molar-refractivity contribution in [3.05, 3.63) is 60.0 Å². The zero-order chi connectivity index (χ0) is 23.6. The molecule has 0 saturated carbocycles. The number of hydrogen-bond acceptors (Lipinski definition) is 7. The van der Waals surface area contributed by atoms with Crippen molar-refractivity contribution in [2.45, 2.75) is 25.8 Å². The van der Waals surface area contributed by atoms with Crippen LogP contribution >= 0.6 is 7.14 Å². The molecular formula is C24H30FN6OP. The third-order valence-corrected chi connectivity index (χ3v) is 7.36. The van der Waals surface area contributed by atoms with Gasteiger partial charge < -0.3 is 25.8 Å². The van der Waals surface area contributed by atoms with Crippen LogP contribution in [0.1, 0.15) is 18.4 Å². The Bertz CT molecular complexity index is 1190. The maximum Gasteiger partial charge on any atom is 0.229 e. The maximum absolute atomic E-state index is 14.5. The Morgan fingerprint density at radius 1 is 1.12 bits per heavy atom. The van der Waals surface area contributed by atoms with Crippen molar-refractivity contribution >= 4 is 41.3 Å². The molecule has 9 heteroatoms. The SMILES string of the molecule is Cc1cc(Nc2ncc(F)c(Nc3ccccc3P(C)(C)=O)n2)ccc1N1CCC(N)CC1. The van der Waals surface area contributed by atoms with Crippen LogP contribution in [0.25, 0.3) is 0 Å². The quantitative estimate of drug-likeness (QED) is 0.456. The van der Waals surface area contributed by atoms with Crippen molar-refractivity contribution in [1.29, 1.82) is 0 Å². The van der Waals surface area contributed by atoms with Gasteiger partial charge in [0.1, 0.15) is 7.14 Å². The molecule has 0 bridgehead atoms. The Hall–Kier alpha value is -2.96. The van der Waals surface area contributed by atoms with Crippen molar-refractivity contribution < 1.29 is 8.96 Å². The number of hydrogen-bond donors (Lipinski definition) is 3. The predicted octanol–water partition coefficient (Wildman–Crippen LogP) is 4.59. The lowest BCUT2D eigenvalue weighted by Gasteiger charge is -2.33. The van der Waals surface area contributed by atoms with Crippen LogP contribution in [0, 0.1) is 12.7 Å². The van der Waals surface area contributed by atoms with Crippen LogP contribution in [0.4, 0.5) is 33.2 Å². The molecule has 7 nitrogen and oxygen atoms in total. The Morgan fingerprint density at radius 3 is 2.55 bits per heavy atom. The van der Waals surface area contributed by atoms with Gasteiger partial charge >= 0.3 is 0 Å². The van der Waals surface area contributed by atoms with E-state index < -0.39 is 13.0 Å². The van der Waals surface area contributed by atoms with Crippen molar-refractivity contribution in [1.82, 2.24) is 9.97 Å². The molecule has 0 spiro atoms. The largest absolute Gasteiger partial charge is 0.371 e. The number of aryl methyl sites for hydroxylation is 1. The zero-order valence-electron chi connectivity index (χ0n) is 19.2. The van der Waals surface area contributed by atoms with Gasteiger partial charge in [0.25, 0.3) is 0 Å². The molecule has 4 rings (SSSR count). The van der Waals surface area contributed by atoms with Gasteiger partial charge in [-0.15, -0.1) is 0 Å². The average molecular weight is 469 g/mol. The molecule has 0 amide bonds. The van der Waals surface area contributed by atoms with E-state index in [2.05, 4.69) is 38.5 Å². The first-order chi connectivity index (χ1) is 15.7. The van der Waals surface area contributed by atoms with Crippen LogP contribution in [0.15, 0.2) is 48.7 Å². The Morgan fingerprint density at radius 2 is 1.85 bits per heavy atom. The molecule has 33 heavy (non-hydrogen) atoms. The first-order valence-corrected chi connectivity index (χ1v) is 13.6. The summed E-state index contributed by atoms with van der Waals surface area (Å²) in [6.07, 6.45) is 3.11. The van der Waals surface area contributed by atoms with E-state index in [4.69, 9.17) is 5.73 Å². The summed E-state index contributed by atoms with van der Waals surface area (Å²) in [6, 6.07) is 13.5. The van der Waals surface area contributed by atoms with Crippen molar-refractivity contribution in [2.24, 2.45) is 5.73 Å². The van der Waals surface area contributed by atoms with E-state index in [-0.39, 0.29) is 17.8 Å². The van der Waals surface area contributed by atoms with Gasteiger partial charge in [0.2, 0.25) is 5.95 Å². The lowest BCUT2D eigenvalue weighted by Crippen LogP contribution is -2.39. The van der Waals surface area contributed by atoms with Crippen LogP contribution in [0.3, 0.4) is 0 Å². The predicted molar refractivity (Wildman–Crippen MR) is 135 cm³/mol. The van der Waals surface area contributed by atoms with Crippen molar-refractivity contribution in [2.75, 3.05) is 42.0 Å². The third kappa shape index (κ3) is 5.52. The molecule has 0 unspecified atom stereocenters. The van der Waals surface area contributed by atoms with Crippen molar-refractivity contribution in [3.8, 4) is 0 Å². The number of nitrogens with zero attached hydrogens (tertiary/aromatic N) is 3. The first kappa shape index (κ1) is 23.2. The van der Waals surface area contributed by atoms with Gasteiger partial charge in [-0.2, -0.15) is 4.98 Å². The van der Waals surface area contributed by atoms with E-state index in [9.17, 15) is 8.96 Å². The van der Waals surface area contributed by atoms with E-state index >= 15 is 0 Å². The normalized spacial score (nSPS) is 14.9. The molecule has 0 aliphatic carbocycles. The highest BCUT2D eigenvalue weighted by molar-refractivity contribution is 7.70. The standard InChI is InChI=1S/C24H30FN6OP/c1-16-14-18(8-9-21(16)31-12-10-17(26)11-13-31)28-24-27-15-19(25)23(30-24)29-20-6-4-5-7-22(20)33(2,3)32/h4-9,14-15,17H,10-13,26H2,1-3H3,(H2,27,28,29,30). The topological polar surface area (TPSA) is 96.2 Å². The van der Waals surface area contributed by atoms with Crippen molar-refractivity contribution in [3.63, 3.8) is 0 Å². The molecule has 0 radical (unpaired) electrons. The molecule has 1 aliphatic heterocycles. The molecule has 0 atom stereocenters. The minimum atomic E-state index is -2.56. The van der Waals surface area contributed by atoms with E-state index in [0.29, 0.717) is 11.0 Å². The van der Waals surface area contributed by atoms with Crippen LogP contribution in [-0.2, 0) is 4.57 Å². The van der Waals surface area contributed by atoms with Gasteiger partial charge in [0.05, 0.1) is 11.9 Å². The maximum atomic E-state index is 14.5. The van der Waals surface area contributed by atoms with Crippen LogP contribution < -0.4 is 26.6 Å². The monoisotopic (exact) mass is 468 g/mol. The molecular weight excluding hydrogens is 438 g/mol. The summed E-state index contributed by atoms with van der Waals surface area (Å²) in [5.41, 5.74) is 9.73. The number of halogens is 1. The van der Waals surface area contributed by atoms with E-state index in [1.165, 1.54) is 5.69 Å². The average Bonchev–Trinajstić information content (AvgIpc) is 2.77. The van der Waals surface area contributed by atoms with Gasteiger partial charge in [-0.3, -0.25) is 0 Å². The van der Waals surface area contributed by atoms with E-state index in [1.807, 2.05) is 18.2 Å². The minimum Gasteiger partial charge on any atom is -0.371 e. The van der Waals surface area contributed by atoms with Crippen LogP contribution in [-0.4, -0.2) is 42.4 Å². The summed E-state index contributed by atoms with van der Waals surface area (Å²) in [7, 11) is -2.56. The van der Waals surface area contributed by atoms with Crippen LogP contribution in [0.2, 0.25) is 0 Å². The number of anilines is 5. The highest BCUT2D eigenvalue weighted by Gasteiger charge is 2.19. The fourth-order valence-electron chi connectivity index (χ4n) is 4.05. The molecule has 174 valence electrons. The number of aromatic nitrogens is 2. The summed E-state index contributed by atoms with van der Waals surface area (Å²) in [4.78, 5) is 10.8. The second kappa shape index (κ2) is 9.49. The zero-order valence-corrected chi connectivity index (χ0v) is 20.1. The highest BCUT2D eigenvalue weighted by atomic mass is 31.2. The summed E-state index contributed by atoms with van der Waals surface area (Å²) < 4.78 is 27.1. The molecule has 3 aromatic rings. The molecule has 2 heterocycles. The van der Waals surface area contributed by atoms with Gasteiger partial charge in [-0.25, -0.2) is 9.37 Å². The summed E-state index contributed by atoms with van der Waals surface area (Å²) in [6.45, 7) is 7.34. The van der Waals surface area contributed by atoms with Gasteiger partial charge in [0, 0.05) is 35.8 Å². The molecule has 4 N–H and O–H groups in total. The number of para-hydroxylation sites is 1. The molecule has 1 aromatic heterocycles. The highest BCUT2D eigenvalue weighted by Crippen LogP contribution is 2.38. The fourth-order valence-corrected chi connectivity index (χ4v) is 5.20. The van der Waals surface area contributed by atoms with Gasteiger partial charge in [-0.1, -0.05) is 12.1 Å². The third-order valence-electron chi connectivity index (χ3n) is 5.81. The van der Waals surface area contributed by atoms with Gasteiger partial charge in [0.15, 0.2) is 11.6 Å². The van der Waals surface area contributed by atoms with Gasteiger partial charge in [-0.05, 0) is 69.0 Å². The second-order valence-electron chi connectivity index (χ2n) is 8.83. The molecule has 1 saturated heterocycles. The smallest absolute Gasteiger partial charge is 0.229 e. The lowest BCUT2D eigenvalue weighted by atomic mass is 10.0. The number of rotatable bonds is 6. The van der Waals surface area contributed by atoms with E-state index in [1.54, 1.807) is 31.5 Å². The summed E-state index contributed by atoms with van der Waals surface area (Å²) in [5.74, 6) is -0.303. The number of nitrogens with one attached hydrogen (secondary N) is 2.